The third-order valence-electron chi connectivity index (χ3n) is 2.83. The zero-order valence-electron chi connectivity index (χ0n) is 8.50. The van der Waals surface area contributed by atoms with Crippen molar-refractivity contribution in [3.05, 3.63) is 0 Å². The van der Waals surface area contributed by atoms with Crippen molar-refractivity contribution in [2.24, 2.45) is 11.7 Å². The summed E-state index contributed by atoms with van der Waals surface area (Å²) >= 11 is 0. The molecule has 0 radical (unpaired) electrons. The Balaban J connectivity index is 2.57. The Morgan fingerprint density at radius 2 is 2.13 bits per heavy atom. The third-order valence-corrected chi connectivity index (χ3v) is 2.83. The summed E-state index contributed by atoms with van der Waals surface area (Å²) in [6, 6.07) is -1.45. The number of aliphatic hydroxyl groups excluding tert-OH is 1. The lowest BCUT2D eigenvalue weighted by molar-refractivity contribution is -0.182. The smallest absolute Gasteiger partial charge is 0.396 e. The number of rotatable bonds is 4. The molecule has 3 N–H and O–H groups in total. The first-order valence-electron chi connectivity index (χ1n) is 5.10. The van der Waals surface area contributed by atoms with Crippen LogP contribution in [0.25, 0.3) is 0 Å². The largest absolute Gasteiger partial charge is 0.404 e. The Morgan fingerprint density at radius 1 is 1.47 bits per heavy atom. The lowest BCUT2D eigenvalue weighted by Gasteiger charge is -2.29. The monoisotopic (exact) mass is 226 g/mol. The number of alkyl halides is 3. The molecular weight excluding hydrogens is 209 g/mol. The van der Waals surface area contributed by atoms with Crippen molar-refractivity contribution in [1.29, 1.82) is 0 Å². The molecule has 6 heteroatoms. The maximum atomic E-state index is 12.6. The van der Waals surface area contributed by atoms with E-state index in [1.54, 1.807) is 0 Å². The van der Waals surface area contributed by atoms with Gasteiger partial charge in [0.2, 0.25) is 0 Å². The van der Waals surface area contributed by atoms with Gasteiger partial charge in [0, 0.05) is 13.2 Å². The zero-order chi connectivity index (χ0) is 11.5. The van der Waals surface area contributed by atoms with E-state index in [-0.39, 0.29) is 25.5 Å². The molecule has 0 bridgehead atoms. The fourth-order valence-electron chi connectivity index (χ4n) is 2.01. The molecular formula is C9H17F3N2O. The Hall–Kier alpha value is -0.330. The van der Waals surface area contributed by atoms with Crippen molar-refractivity contribution in [2.45, 2.75) is 25.1 Å². The summed E-state index contributed by atoms with van der Waals surface area (Å²) in [5, 5.41) is 8.87. The van der Waals surface area contributed by atoms with Crippen molar-refractivity contribution >= 4 is 0 Å². The molecule has 0 aliphatic carbocycles. The number of hydrogen-bond acceptors (Lipinski definition) is 3. The van der Waals surface area contributed by atoms with E-state index in [4.69, 9.17) is 10.8 Å². The van der Waals surface area contributed by atoms with Gasteiger partial charge in [0.05, 0.1) is 0 Å². The molecule has 0 aromatic carbocycles. The molecule has 2 atom stereocenters. The van der Waals surface area contributed by atoms with Gasteiger partial charge in [0.25, 0.3) is 0 Å². The summed E-state index contributed by atoms with van der Waals surface area (Å²) in [6.45, 7) is 0.713. The number of halogens is 3. The molecule has 0 saturated carbocycles. The quantitative estimate of drug-likeness (QED) is 0.737. The Morgan fingerprint density at radius 3 is 2.53 bits per heavy atom. The van der Waals surface area contributed by atoms with Crippen LogP contribution in [0.3, 0.4) is 0 Å². The third kappa shape index (κ3) is 3.32. The topological polar surface area (TPSA) is 49.5 Å². The molecule has 1 saturated heterocycles. The molecule has 1 aliphatic heterocycles. The van der Waals surface area contributed by atoms with Crippen molar-refractivity contribution in [3.8, 4) is 0 Å². The molecule has 1 rings (SSSR count). The molecule has 0 aromatic heterocycles. The molecule has 3 nitrogen and oxygen atoms in total. The van der Waals surface area contributed by atoms with Gasteiger partial charge in [-0.1, -0.05) is 0 Å². The summed E-state index contributed by atoms with van der Waals surface area (Å²) in [4.78, 5) is 1.38. The minimum absolute atomic E-state index is 0.0207. The van der Waals surface area contributed by atoms with Crippen LogP contribution in [0.4, 0.5) is 13.2 Å². The standard InChI is InChI=1S/C9H17F3N2O/c10-9(11,12)8(1-3-13)14-4-2-7(5-14)6-15/h7-8,15H,1-6,13H2. The van der Waals surface area contributed by atoms with Crippen molar-refractivity contribution < 1.29 is 18.3 Å². The fourth-order valence-corrected chi connectivity index (χ4v) is 2.01. The highest BCUT2D eigenvalue weighted by molar-refractivity contribution is 4.85. The minimum atomic E-state index is -4.22. The first kappa shape index (κ1) is 12.7. The van der Waals surface area contributed by atoms with E-state index in [0.29, 0.717) is 19.5 Å². The predicted octanol–water partition coefficient (Wildman–Crippen LogP) is 0.580. The van der Waals surface area contributed by atoms with Crippen LogP contribution >= 0.6 is 0 Å². The van der Waals surface area contributed by atoms with Gasteiger partial charge in [0.15, 0.2) is 0 Å². The van der Waals surface area contributed by atoms with E-state index in [2.05, 4.69) is 0 Å². The van der Waals surface area contributed by atoms with Gasteiger partial charge in [-0.05, 0) is 31.8 Å². The first-order chi connectivity index (χ1) is 6.99. The fraction of sp³-hybridized carbons (Fsp3) is 1.00. The van der Waals surface area contributed by atoms with Crippen molar-refractivity contribution in [1.82, 2.24) is 4.90 Å². The number of nitrogens with two attached hydrogens (primary N) is 1. The van der Waals surface area contributed by atoms with E-state index in [9.17, 15) is 13.2 Å². The SMILES string of the molecule is NCCC(N1CCC(CO)C1)C(F)(F)F. The average Bonchev–Trinajstić information content (AvgIpc) is 2.60. The van der Waals surface area contributed by atoms with Crippen molar-refractivity contribution in [2.75, 3.05) is 26.2 Å². The molecule has 2 unspecified atom stereocenters. The summed E-state index contributed by atoms with van der Waals surface area (Å²) < 4.78 is 37.9. The van der Waals surface area contributed by atoms with Crippen LogP contribution in [0.15, 0.2) is 0 Å². The summed E-state index contributed by atoms with van der Waals surface area (Å²) in [5.41, 5.74) is 5.18. The number of hydrogen-bond donors (Lipinski definition) is 2. The van der Waals surface area contributed by atoms with Crippen LogP contribution in [0.5, 0.6) is 0 Å². The summed E-state index contributed by atoms with van der Waals surface area (Å²) in [7, 11) is 0. The second kappa shape index (κ2) is 5.14. The number of nitrogens with zero attached hydrogens (tertiary/aromatic N) is 1. The number of aliphatic hydroxyl groups is 1. The Kier molecular flexibility index (Phi) is 4.36. The van der Waals surface area contributed by atoms with Crippen LogP contribution in [-0.4, -0.2) is 48.5 Å². The van der Waals surface area contributed by atoms with Crippen molar-refractivity contribution in [3.63, 3.8) is 0 Å². The highest BCUT2D eigenvalue weighted by Gasteiger charge is 2.44. The van der Waals surface area contributed by atoms with Crippen LogP contribution in [-0.2, 0) is 0 Å². The molecule has 0 spiro atoms. The van der Waals surface area contributed by atoms with E-state index >= 15 is 0 Å². The molecule has 0 aromatic rings. The normalized spacial score (nSPS) is 25.8. The molecule has 1 aliphatic rings. The lowest BCUT2D eigenvalue weighted by Crippen LogP contribution is -2.45. The predicted molar refractivity (Wildman–Crippen MR) is 50.3 cm³/mol. The maximum Gasteiger partial charge on any atom is 0.404 e. The maximum absolute atomic E-state index is 12.6. The van der Waals surface area contributed by atoms with Crippen LogP contribution in [0, 0.1) is 5.92 Å². The van der Waals surface area contributed by atoms with Crippen LogP contribution < -0.4 is 5.73 Å². The molecule has 15 heavy (non-hydrogen) atoms. The molecule has 1 fully saturated rings. The van der Waals surface area contributed by atoms with Gasteiger partial charge in [-0.25, -0.2) is 0 Å². The first-order valence-corrected chi connectivity index (χ1v) is 5.10. The Bertz CT molecular complexity index is 198. The van der Waals surface area contributed by atoms with Gasteiger partial charge < -0.3 is 10.8 Å². The highest BCUT2D eigenvalue weighted by atomic mass is 19.4. The molecule has 0 amide bonds. The van der Waals surface area contributed by atoms with E-state index in [1.807, 2.05) is 0 Å². The van der Waals surface area contributed by atoms with Gasteiger partial charge in [-0.2, -0.15) is 13.2 Å². The van der Waals surface area contributed by atoms with Crippen LogP contribution in [0.2, 0.25) is 0 Å². The van der Waals surface area contributed by atoms with E-state index < -0.39 is 12.2 Å². The zero-order valence-corrected chi connectivity index (χ0v) is 8.50. The minimum Gasteiger partial charge on any atom is -0.396 e. The average molecular weight is 226 g/mol. The van der Waals surface area contributed by atoms with Crippen LogP contribution in [0.1, 0.15) is 12.8 Å². The highest BCUT2D eigenvalue weighted by Crippen LogP contribution is 2.30. The Labute approximate surface area is 87.0 Å². The number of likely N-dealkylation sites (tertiary alicyclic amines) is 1. The second-order valence-corrected chi connectivity index (χ2v) is 3.97. The van der Waals surface area contributed by atoms with Gasteiger partial charge in [-0.15, -0.1) is 0 Å². The summed E-state index contributed by atoms with van der Waals surface area (Å²) in [5.74, 6) is -0.0207. The second-order valence-electron chi connectivity index (χ2n) is 3.97. The molecule has 1 heterocycles. The molecule has 90 valence electrons. The van der Waals surface area contributed by atoms with Gasteiger partial charge in [-0.3, -0.25) is 4.90 Å². The lowest BCUT2D eigenvalue weighted by atomic mass is 10.1. The summed E-state index contributed by atoms with van der Waals surface area (Å²) in [6.07, 6.45) is -3.65. The van der Waals surface area contributed by atoms with Gasteiger partial charge in [0.1, 0.15) is 6.04 Å². The van der Waals surface area contributed by atoms with E-state index in [0.717, 1.165) is 0 Å². The van der Waals surface area contributed by atoms with Gasteiger partial charge >= 0.3 is 6.18 Å². The van der Waals surface area contributed by atoms with E-state index in [1.165, 1.54) is 4.90 Å².